The molecule has 2 aromatic rings. The van der Waals surface area contributed by atoms with Crippen molar-refractivity contribution in [1.29, 1.82) is 0 Å². The summed E-state index contributed by atoms with van der Waals surface area (Å²) < 4.78 is 1.52. The molecule has 0 radical (unpaired) electrons. The van der Waals surface area contributed by atoms with Crippen LogP contribution >= 0.6 is 0 Å². The lowest BCUT2D eigenvalue weighted by molar-refractivity contribution is 0.0717. The second kappa shape index (κ2) is 6.01. The molecule has 7 heteroatoms. The van der Waals surface area contributed by atoms with Crippen LogP contribution in [0.3, 0.4) is 0 Å². The number of rotatable bonds is 3. The van der Waals surface area contributed by atoms with Crippen molar-refractivity contribution in [2.45, 2.75) is 37.8 Å². The van der Waals surface area contributed by atoms with E-state index in [-0.39, 0.29) is 11.9 Å². The molecule has 1 amide bonds. The number of hydrogen-bond acceptors (Lipinski definition) is 5. The van der Waals surface area contributed by atoms with Crippen molar-refractivity contribution in [1.82, 2.24) is 25.1 Å². The van der Waals surface area contributed by atoms with Crippen molar-refractivity contribution >= 4 is 5.91 Å². The van der Waals surface area contributed by atoms with Gasteiger partial charge in [0.1, 0.15) is 12.7 Å². The minimum atomic E-state index is -0.454. The highest BCUT2D eigenvalue weighted by atomic mass is 16.3. The standard InChI is InChI=1S/C14H17N5O2/c20-12-4-2-1-3-11(12)18-14(21)10-5-6-13(16-7-10)19-9-15-8-17-19/h5-9,11-12,20H,1-4H2,(H,18,21)/t11-,12-/m1/s1. The highest BCUT2D eigenvalue weighted by molar-refractivity contribution is 5.94. The first kappa shape index (κ1) is 13.7. The highest BCUT2D eigenvalue weighted by Crippen LogP contribution is 2.18. The van der Waals surface area contributed by atoms with Gasteiger partial charge in [0.05, 0.1) is 17.7 Å². The van der Waals surface area contributed by atoms with Gasteiger partial charge in [0.2, 0.25) is 0 Å². The van der Waals surface area contributed by atoms with Gasteiger partial charge in [0, 0.05) is 6.20 Å². The zero-order valence-corrected chi connectivity index (χ0v) is 11.5. The molecule has 0 unspecified atom stereocenters. The maximum absolute atomic E-state index is 12.2. The molecule has 1 fully saturated rings. The summed E-state index contributed by atoms with van der Waals surface area (Å²) in [5.74, 6) is 0.389. The predicted molar refractivity (Wildman–Crippen MR) is 74.9 cm³/mol. The van der Waals surface area contributed by atoms with Crippen LogP contribution in [0.25, 0.3) is 5.82 Å². The van der Waals surface area contributed by atoms with Gasteiger partial charge in [-0.15, -0.1) is 0 Å². The number of carbonyl (C=O) groups excluding carboxylic acids is 1. The summed E-state index contributed by atoms with van der Waals surface area (Å²) in [6, 6.07) is 3.23. The van der Waals surface area contributed by atoms with Gasteiger partial charge >= 0.3 is 0 Å². The summed E-state index contributed by atoms with van der Waals surface area (Å²) in [5.41, 5.74) is 0.469. The zero-order chi connectivity index (χ0) is 14.7. The minimum absolute atomic E-state index is 0.166. The van der Waals surface area contributed by atoms with Gasteiger partial charge in [-0.2, -0.15) is 5.10 Å². The third-order valence-corrected chi connectivity index (χ3v) is 3.71. The number of aliphatic hydroxyl groups is 1. The van der Waals surface area contributed by atoms with Crippen molar-refractivity contribution in [3.05, 3.63) is 36.5 Å². The fourth-order valence-electron chi connectivity index (χ4n) is 2.51. The first-order valence-corrected chi connectivity index (χ1v) is 7.04. The molecule has 1 aliphatic rings. The average molecular weight is 287 g/mol. The Morgan fingerprint density at radius 3 is 2.86 bits per heavy atom. The molecule has 3 rings (SSSR count). The van der Waals surface area contributed by atoms with E-state index in [4.69, 9.17) is 0 Å². The van der Waals surface area contributed by atoms with Crippen LogP contribution in [0.2, 0.25) is 0 Å². The Morgan fingerprint density at radius 1 is 1.33 bits per heavy atom. The second-order valence-electron chi connectivity index (χ2n) is 5.18. The molecule has 21 heavy (non-hydrogen) atoms. The summed E-state index contributed by atoms with van der Waals surface area (Å²) in [6.07, 6.45) is 7.62. The van der Waals surface area contributed by atoms with E-state index in [1.807, 2.05) is 0 Å². The number of amides is 1. The van der Waals surface area contributed by atoms with Crippen molar-refractivity contribution in [2.75, 3.05) is 0 Å². The molecule has 0 bridgehead atoms. The third-order valence-electron chi connectivity index (χ3n) is 3.71. The van der Waals surface area contributed by atoms with Crippen LogP contribution in [0, 0.1) is 0 Å². The Hall–Kier alpha value is -2.28. The number of carbonyl (C=O) groups is 1. The van der Waals surface area contributed by atoms with Crippen molar-refractivity contribution in [2.24, 2.45) is 0 Å². The smallest absolute Gasteiger partial charge is 0.253 e. The number of nitrogens with one attached hydrogen (secondary N) is 1. The lowest BCUT2D eigenvalue weighted by Gasteiger charge is -2.28. The van der Waals surface area contributed by atoms with Crippen molar-refractivity contribution < 1.29 is 9.90 Å². The lowest BCUT2D eigenvalue weighted by atomic mass is 9.92. The summed E-state index contributed by atoms with van der Waals surface area (Å²) in [7, 11) is 0. The van der Waals surface area contributed by atoms with E-state index in [0.717, 1.165) is 25.7 Å². The van der Waals surface area contributed by atoms with Gasteiger partial charge in [0.15, 0.2) is 5.82 Å². The van der Waals surface area contributed by atoms with Crippen LogP contribution in [0.1, 0.15) is 36.0 Å². The van der Waals surface area contributed by atoms with Gasteiger partial charge in [-0.3, -0.25) is 4.79 Å². The Morgan fingerprint density at radius 2 is 2.19 bits per heavy atom. The van der Waals surface area contributed by atoms with E-state index in [0.29, 0.717) is 11.4 Å². The van der Waals surface area contributed by atoms with E-state index >= 15 is 0 Å². The molecule has 0 spiro atoms. The van der Waals surface area contributed by atoms with Crippen LogP contribution < -0.4 is 5.32 Å². The Balaban J connectivity index is 1.67. The molecule has 110 valence electrons. The van der Waals surface area contributed by atoms with E-state index in [9.17, 15) is 9.90 Å². The van der Waals surface area contributed by atoms with Crippen LogP contribution in [-0.4, -0.2) is 42.9 Å². The van der Waals surface area contributed by atoms with E-state index in [1.165, 1.54) is 17.2 Å². The van der Waals surface area contributed by atoms with Gasteiger partial charge in [0.25, 0.3) is 5.91 Å². The van der Waals surface area contributed by atoms with Crippen LogP contribution in [-0.2, 0) is 0 Å². The maximum Gasteiger partial charge on any atom is 0.253 e. The van der Waals surface area contributed by atoms with Crippen molar-refractivity contribution in [3.63, 3.8) is 0 Å². The number of pyridine rings is 1. The van der Waals surface area contributed by atoms with Crippen molar-refractivity contribution in [3.8, 4) is 5.82 Å². The Bertz CT molecular complexity index is 596. The summed E-state index contributed by atoms with van der Waals surface area (Å²) >= 11 is 0. The fraction of sp³-hybridized carbons (Fsp3) is 0.429. The SMILES string of the molecule is O=C(N[C@@H]1CCCC[C@H]1O)c1ccc(-n2cncn2)nc1. The molecule has 1 aliphatic carbocycles. The van der Waals surface area contributed by atoms with Gasteiger partial charge in [-0.05, 0) is 25.0 Å². The average Bonchev–Trinajstić information content (AvgIpc) is 3.04. The lowest BCUT2D eigenvalue weighted by Crippen LogP contribution is -2.45. The number of aromatic nitrogens is 4. The fourth-order valence-corrected chi connectivity index (χ4v) is 2.51. The summed E-state index contributed by atoms with van der Waals surface area (Å²) in [5, 5.41) is 16.7. The molecular formula is C14H17N5O2. The molecule has 1 saturated carbocycles. The first-order valence-electron chi connectivity index (χ1n) is 7.04. The van der Waals surface area contributed by atoms with Crippen LogP contribution in [0.5, 0.6) is 0 Å². The van der Waals surface area contributed by atoms with Crippen LogP contribution in [0.15, 0.2) is 31.0 Å². The molecule has 2 heterocycles. The maximum atomic E-state index is 12.2. The molecule has 2 aromatic heterocycles. The molecular weight excluding hydrogens is 270 g/mol. The number of nitrogens with zero attached hydrogens (tertiary/aromatic N) is 4. The monoisotopic (exact) mass is 287 g/mol. The predicted octanol–water partition coefficient (Wildman–Crippen LogP) is 0.696. The normalized spacial score (nSPS) is 22.0. The van der Waals surface area contributed by atoms with E-state index in [1.54, 1.807) is 18.5 Å². The molecule has 0 aromatic carbocycles. The van der Waals surface area contributed by atoms with E-state index < -0.39 is 6.10 Å². The molecule has 0 aliphatic heterocycles. The van der Waals surface area contributed by atoms with Gasteiger partial charge < -0.3 is 10.4 Å². The van der Waals surface area contributed by atoms with Crippen LogP contribution in [0.4, 0.5) is 0 Å². The summed E-state index contributed by atoms with van der Waals surface area (Å²) in [4.78, 5) is 20.2. The third kappa shape index (κ3) is 3.08. The number of hydrogen-bond donors (Lipinski definition) is 2. The minimum Gasteiger partial charge on any atom is -0.391 e. The second-order valence-corrected chi connectivity index (χ2v) is 5.18. The van der Waals surface area contributed by atoms with Gasteiger partial charge in [-0.25, -0.2) is 14.6 Å². The largest absolute Gasteiger partial charge is 0.391 e. The zero-order valence-electron chi connectivity index (χ0n) is 11.5. The van der Waals surface area contributed by atoms with E-state index in [2.05, 4.69) is 20.4 Å². The molecule has 0 saturated heterocycles. The summed E-state index contributed by atoms with van der Waals surface area (Å²) in [6.45, 7) is 0. The Kier molecular flexibility index (Phi) is 3.92. The number of aliphatic hydroxyl groups excluding tert-OH is 1. The van der Waals surface area contributed by atoms with Gasteiger partial charge in [-0.1, -0.05) is 12.8 Å². The topological polar surface area (TPSA) is 92.9 Å². The first-order chi connectivity index (χ1) is 10.2. The molecule has 2 atom stereocenters. The molecule has 2 N–H and O–H groups in total. The Labute approximate surface area is 122 Å². The highest BCUT2D eigenvalue weighted by Gasteiger charge is 2.24. The molecule has 7 nitrogen and oxygen atoms in total. The quantitative estimate of drug-likeness (QED) is 0.866.